The van der Waals surface area contributed by atoms with Crippen molar-refractivity contribution in [3.63, 3.8) is 0 Å². The van der Waals surface area contributed by atoms with E-state index >= 15 is 0 Å². The quantitative estimate of drug-likeness (QED) is 0.557. The van der Waals surface area contributed by atoms with E-state index in [2.05, 4.69) is 4.98 Å². The number of aryl methyl sites for hydroxylation is 1. The summed E-state index contributed by atoms with van der Waals surface area (Å²) in [6.45, 7) is 1.42. The van der Waals surface area contributed by atoms with Crippen molar-refractivity contribution < 1.29 is 17.6 Å². The predicted molar refractivity (Wildman–Crippen MR) is 33.9 cm³/mol. The molecule has 0 aromatic carbocycles. The van der Waals surface area contributed by atoms with Crippen LogP contribution in [0.4, 0.5) is 17.6 Å². The summed E-state index contributed by atoms with van der Waals surface area (Å²) in [6, 6.07) is 0.753. The Morgan fingerprint density at radius 2 is 1.92 bits per heavy atom. The van der Waals surface area contributed by atoms with Gasteiger partial charge in [-0.15, -0.1) is 0 Å². The lowest BCUT2D eigenvalue weighted by Crippen LogP contribution is -2.08. The minimum absolute atomic E-state index is 0.223. The molecule has 1 nitrogen and oxygen atoms in total. The van der Waals surface area contributed by atoms with E-state index in [1.54, 1.807) is 0 Å². The molecule has 12 heavy (non-hydrogen) atoms. The van der Waals surface area contributed by atoms with Gasteiger partial charge in [0.1, 0.15) is 11.4 Å². The Morgan fingerprint density at radius 3 is 2.33 bits per heavy atom. The van der Waals surface area contributed by atoms with Crippen LogP contribution in [-0.4, -0.2) is 4.98 Å². The predicted octanol–water partition coefficient (Wildman–Crippen LogP) is 2.55. The van der Waals surface area contributed by atoms with Gasteiger partial charge in [0.2, 0.25) is 0 Å². The van der Waals surface area contributed by atoms with Crippen LogP contribution in [0.15, 0.2) is 12.3 Å². The van der Waals surface area contributed by atoms with Gasteiger partial charge in [-0.1, -0.05) is 0 Å². The number of halogens is 4. The van der Waals surface area contributed by atoms with Crippen LogP contribution in [0.3, 0.4) is 0 Å². The normalized spacial score (nSPS) is 11.8. The molecular formula is C7H5F4N. The molecule has 0 saturated heterocycles. The van der Waals surface area contributed by atoms with Crippen LogP contribution in [0.5, 0.6) is 0 Å². The van der Waals surface area contributed by atoms with Crippen LogP contribution >= 0.6 is 0 Å². The highest BCUT2D eigenvalue weighted by molar-refractivity contribution is 5.18. The molecule has 5 heteroatoms. The number of hydrogen-bond donors (Lipinski definition) is 0. The van der Waals surface area contributed by atoms with Gasteiger partial charge in [0.15, 0.2) is 0 Å². The third-order valence-electron chi connectivity index (χ3n) is 1.30. The Balaban J connectivity index is 3.19. The van der Waals surface area contributed by atoms with Gasteiger partial charge in [0, 0.05) is 11.9 Å². The van der Waals surface area contributed by atoms with Crippen molar-refractivity contribution >= 4 is 0 Å². The van der Waals surface area contributed by atoms with Gasteiger partial charge >= 0.3 is 6.18 Å². The Morgan fingerprint density at radius 1 is 1.33 bits per heavy atom. The third-order valence-corrected chi connectivity index (χ3v) is 1.30. The standard InChI is InChI=1S/C7H5F4N/c1-4-2-6(8)5(3-12-4)7(9,10)11/h2-3H,1H3. The molecule has 1 rings (SSSR count). The zero-order valence-electron chi connectivity index (χ0n) is 6.11. The lowest BCUT2D eigenvalue weighted by atomic mass is 10.2. The van der Waals surface area contributed by atoms with E-state index in [0.717, 1.165) is 6.07 Å². The van der Waals surface area contributed by atoms with Gasteiger partial charge in [0.05, 0.1) is 0 Å². The largest absolute Gasteiger partial charge is 0.420 e. The second-order valence-corrected chi connectivity index (χ2v) is 2.30. The molecule has 1 heterocycles. The van der Waals surface area contributed by atoms with E-state index in [1.807, 2.05) is 0 Å². The Hall–Kier alpha value is -1.13. The first-order chi connectivity index (χ1) is 5.41. The summed E-state index contributed by atoms with van der Waals surface area (Å²) in [7, 11) is 0. The van der Waals surface area contributed by atoms with E-state index in [4.69, 9.17) is 0 Å². The molecule has 0 fully saturated rings. The summed E-state index contributed by atoms with van der Waals surface area (Å²) in [4.78, 5) is 3.35. The van der Waals surface area contributed by atoms with Gasteiger partial charge in [0.25, 0.3) is 0 Å². The van der Waals surface area contributed by atoms with Crippen LogP contribution in [0, 0.1) is 12.7 Å². The SMILES string of the molecule is Cc1cc(F)c(C(F)(F)F)cn1. The average molecular weight is 179 g/mol. The van der Waals surface area contributed by atoms with Crippen molar-refractivity contribution in [2.75, 3.05) is 0 Å². The molecule has 1 aromatic heterocycles. The first-order valence-electron chi connectivity index (χ1n) is 3.10. The molecule has 0 unspecified atom stereocenters. The molecule has 0 bridgehead atoms. The maximum absolute atomic E-state index is 12.6. The highest BCUT2D eigenvalue weighted by atomic mass is 19.4. The van der Waals surface area contributed by atoms with Crippen molar-refractivity contribution in [1.82, 2.24) is 4.98 Å². The zero-order chi connectivity index (χ0) is 9.35. The van der Waals surface area contributed by atoms with Crippen LogP contribution < -0.4 is 0 Å². The average Bonchev–Trinajstić information content (AvgIpc) is 1.83. The van der Waals surface area contributed by atoms with Crippen molar-refractivity contribution in [3.05, 3.63) is 29.3 Å². The summed E-state index contributed by atoms with van der Waals surface area (Å²) in [6.07, 6.45) is -4.17. The maximum atomic E-state index is 12.6. The molecule has 0 aliphatic heterocycles. The molecule has 0 radical (unpaired) electrons. The molecule has 0 saturated carbocycles. The molecule has 66 valence electrons. The summed E-state index contributed by atoms with van der Waals surface area (Å²) < 4.78 is 48.3. The molecule has 0 aliphatic carbocycles. The highest BCUT2D eigenvalue weighted by Crippen LogP contribution is 2.30. The molecule has 1 aromatic rings. The van der Waals surface area contributed by atoms with Gasteiger partial charge in [-0.25, -0.2) is 4.39 Å². The molecule has 0 atom stereocenters. The van der Waals surface area contributed by atoms with Crippen molar-refractivity contribution in [1.29, 1.82) is 0 Å². The summed E-state index contributed by atoms with van der Waals surface area (Å²) in [5.74, 6) is -1.28. The van der Waals surface area contributed by atoms with Gasteiger partial charge in [-0.3, -0.25) is 4.98 Å². The van der Waals surface area contributed by atoms with Crippen LogP contribution in [0.1, 0.15) is 11.3 Å². The van der Waals surface area contributed by atoms with Gasteiger partial charge < -0.3 is 0 Å². The number of pyridine rings is 1. The number of aromatic nitrogens is 1. The maximum Gasteiger partial charge on any atom is 0.420 e. The Labute approximate surface area is 66.0 Å². The van der Waals surface area contributed by atoms with Crippen LogP contribution in [-0.2, 0) is 6.18 Å². The summed E-state index contributed by atoms with van der Waals surface area (Å²) in [5, 5.41) is 0. The fourth-order valence-electron chi connectivity index (χ4n) is 0.735. The number of rotatable bonds is 0. The summed E-state index contributed by atoms with van der Waals surface area (Å²) >= 11 is 0. The smallest absolute Gasteiger partial charge is 0.261 e. The van der Waals surface area contributed by atoms with Gasteiger partial charge in [-0.05, 0) is 13.0 Å². The van der Waals surface area contributed by atoms with E-state index in [1.165, 1.54) is 6.92 Å². The van der Waals surface area contributed by atoms with E-state index in [9.17, 15) is 17.6 Å². The van der Waals surface area contributed by atoms with Crippen molar-refractivity contribution in [2.24, 2.45) is 0 Å². The lowest BCUT2D eigenvalue weighted by molar-refractivity contribution is -0.140. The third kappa shape index (κ3) is 1.72. The van der Waals surface area contributed by atoms with E-state index in [0.29, 0.717) is 6.20 Å². The molecule has 0 amide bonds. The van der Waals surface area contributed by atoms with Gasteiger partial charge in [-0.2, -0.15) is 13.2 Å². The Bertz CT molecular complexity index is 292. The molecular weight excluding hydrogens is 174 g/mol. The number of alkyl halides is 3. The second kappa shape index (κ2) is 2.73. The molecule has 0 N–H and O–H groups in total. The monoisotopic (exact) mass is 179 g/mol. The Kier molecular flexibility index (Phi) is 2.04. The lowest BCUT2D eigenvalue weighted by Gasteiger charge is -2.06. The van der Waals surface area contributed by atoms with Crippen molar-refractivity contribution in [2.45, 2.75) is 13.1 Å². The van der Waals surface area contributed by atoms with Crippen LogP contribution in [0.25, 0.3) is 0 Å². The fraction of sp³-hybridized carbons (Fsp3) is 0.286. The minimum Gasteiger partial charge on any atom is -0.261 e. The van der Waals surface area contributed by atoms with Crippen molar-refractivity contribution in [3.8, 4) is 0 Å². The van der Waals surface area contributed by atoms with Crippen LogP contribution in [0.2, 0.25) is 0 Å². The molecule has 0 spiro atoms. The minimum atomic E-state index is -4.66. The fourth-order valence-corrected chi connectivity index (χ4v) is 0.735. The van der Waals surface area contributed by atoms with E-state index in [-0.39, 0.29) is 5.69 Å². The highest BCUT2D eigenvalue weighted by Gasteiger charge is 2.34. The topological polar surface area (TPSA) is 12.9 Å². The second-order valence-electron chi connectivity index (χ2n) is 2.30. The van der Waals surface area contributed by atoms with E-state index < -0.39 is 17.6 Å². The first kappa shape index (κ1) is 8.96. The molecule has 0 aliphatic rings. The summed E-state index contributed by atoms with van der Waals surface area (Å²) in [5.41, 5.74) is -1.10. The zero-order valence-corrected chi connectivity index (χ0v) is 6.11. The number of nitrogens with zero attached hydrogens (tertiary/aromatic N) is 1. The number of hydrogen-bond acceptors (Lipinski definition) is 1. The first-order valence-corrected chi connectivity index (χ1v) is 3.10.